The van der Waals surface area contributed by atoms with E-state index in [1.165, 1.54) is 0 Å². The summed E-state index contributed by atoms with van der Waals surface area (Å²) in [6.45, 7) is 4.01. The Morgan fingerprint density at radius 2 is 2.00 bits per heavy atom. The molecule has 0 bridgehead atoms. The SMILES string of the molecule is Cc1cc2cc(C)n(C)c(=S)n2n1. The normalized spacial score (nSPS) is 11.0. The lowest BCUT2D eigenvalue weighted by molar-refractivity contribution is 0.748. The molecule has 0 amide bonds. The van der Waals surface area contributed by atoms with Gasteiger partial charge in [0.25, 0.3) is 0 Å². The number of aromatic nitrogens is 3. The number of hydrogen-bond acceptors (Lipinski definition) is 2. The Morgan fingerprint density at radius 1 is 1.31 bits per heavy atom. The zero-order valence-corrected chi connectivity index (χ0v) is 8.72. The zero-order chi connectivity index (χ0) is 9.59. The Morgan fingerprint density at radius 3 is 2.69 bits per heavy atom. The Bertz CT molecular complexity index is 521. The maximum Gasteiger partial charge on any atom is 0.201 e. The molecule has 0 spiro atoms. The van der Waals surface area contributed by atoms with Crippen LogP contribution in [0, 0.1) is 18.6 Å². The second-order valence-electron chi connectivity index (χ2n) is 3.25. The lowest BCUT2D eigenvalue weighted by atomic mass is 10.3. The fourth-order valence-electron chi connectivity index (χ4n) is 1.38. The summed E-state index contributed by atoms with van der Waals surface area (Å²) in [5.74, 6) is 0. The maximum absolute atomic E-state index is 5.26. The van der Waals surface area contributed by atoms with Crippen LogP contribution in [-0.4, -0.2) is 14.2 Å². The summed E-state index contributed by atoms with van der Waals surface area (Å²) >= 11 is 5.26. The molecule has 0 atom stereocenters. The van der Waals surface area contributed by atoms with Gasteiger partial charge in [0.15, 0.2) is 0 Å². The van der Waals surface area contributed by atoms with E-state index in [0.29, 0.717) is 0 Å². The number of fused-ring (bicyclic) bond motifs is 1. The molecule has 2 heterocycles. The molecule has 0 unspecified atom stereocenters. The second-order valence-corrected chi connectivity index (χ2v) is 3.61. The van der Waals surface area contributed by atoms with Gasteiger partial charge in [-0.05, 0) is 38.2 Å². The first kappa shape index (κ1) is 8.44. The molecule has 0 aliphatic rings. The third-order valence-electron chi connectivity index (χ3n) is 2.21. The van der Waals surface area contributed by atoms with Crippen molar-refractivity contribution in [2.24, 2.45) is 7.05 Å². The predicted octanol–water partition coefficient (Wildman–Crippen LogP) is 2.02. The van der Waals surface area contributed by atoms with Crippen molar-refractivity contribution in [2.75, 3.05) is 0 Å². The number of rotatable bonds is 0. The molecule has 0 saturated heterocycles. The van der Waals surface area contributed by atoms with Gasteiger partial charge in [-0.25, -0.2) is 4.52 Å². The van der Waals surface area contributed by atoms with Crippen molar-refractivity contribution in [3.05, 3.63) is 28.3 Å². The first-order chi connectivity index (χ1) is 6.09. The summed E-state index contributed by atoms with van der Waals surface area (Å²) in [5, 5.41) is 4.31. The van der Waals surface area contributed by atoms with Gasteiger partial charge in [-0.2, -0.15) is 5.10 Å². The van der Waals surface area contributed by atoms with E-state index in [4.69, 9.17) is 12.2 Å². The van der Waals surface area contributed by atoms with E-state index >= 15 is 0 Å². The van der Waals surface area contributed by atoms with Crippen LogP contribution in [0.3, 0.4) is 0 Å². The Kier molecular flexibility index (Phi) is 1.73. The van der Waals surface area contributed by atoms with Crippen molar-refractivity contribution in [1.29, 1.82) is 0 Å². The van der Waals surface area contributed by atoms with Gasteiger partial charge in [0.1, 0.15) is 0 Å². The molecular formula is C9H11N3S. The largest absolute Gasteiger partial charge is 0.324 e. The van der Waals surface area contributed by atoms with Crippen LogP contribution in [0.2, 0.25) is 0 Å². The van der Waals surface area contributed by atoms with Crippen LogP contribution in [0.15, 0.2) is 12.1 Å². The minimum Gasteiger partial charge on any atom is -0.324 e. The summed E-state index contributed by atoms with van der Waals surface area (Å²) < 4.78 is 4.48. The average Bonchev–Trinajstić information content (AvgIpc) is 2.42. The Labute approximate surface area is 81.6 Å². The van der Waals surface area contributed by atoms with Crippen molar-refractivity contribution in [3.8, 4) is 0 Å². The van der Waals surface area contributed by atoms with E-state index in [9.17, 15) is 0 Å². The zero-order valence-electron chi connectivity index (χ0n) is 7.90. The van der Waals surface area contributed by atoms with Gasteiger partial charge in [-0.1, -0.05) is 0 Å². The molecule has 0 N–H and O–H groups in total. The Balaban J connectivity index is 3.01. The van der Waals surface area contributed by atoms with Gasteiger partial charge in [0.2, 0.25) is 4.77 Å². The summed E-state index contributed by atoms with van der Waals surface area (Å²) in [6, 6.07) is 4.11. The highest BCUT2D eigenvalue weighted by atomic mass is 32.1. The van der Waals surface area contributed by atoms with Crippen molar-refractivity contribution in [1.82, 2.24) is 14.2 Å². The van der Waals surface area contributed by atoms with E-state index in [0.717, 1.165) is 21.7 Å². The lowest BCUT2D eigenvalue weighted by Gasteiger charge is -2.04. The highest BCUT2D eigenvalue weighted by Crippen LogP contribution is 2.09. The molecule has 0 radical (unpaired) electrons. The van der Waals surface area contributed by atoms with Gasteiger partial charge in [0, 0.05) is 12.7 Å². The minimum atomic E-state index is 0.739. The standard InChI is InChI=1S/C9H11N3S/c1-6-4-8-5-7(2)11(3)9(13)12(8)10-6/h4-5H,1-3H3. The van der Waals surface area contributed by atoms with Crippen molar-refractivity contribution >= 4 is 17.7 Å². The number of hydrogen-bond donors (Lipinski definition) is 0. The van der Waals surface area contributed by atoms with Gasteiger partial charge < -0.3 is 4.57 Å². The molecule has 68 valence electrons. The quantitative estimate of drug-likeness (QED) is 0.597. The molecule has 4 heteroatoms. The van der Waals surface area contributed by atoms with Crippen molar-refractivity contribution in [3.63, 3.8) is 0 Å². The molecule has 0 aromatic carbocycles. The average molecular weight is 193 g/mol. The van der Waals surface area contributed by atoms with Crippen molar-refractivity contribution < 1.29 is 0 Å². The topological polar surface area (TPSA) is 22.2 Å². The van der Waals surface area contributed by atoms with Gasteiger partial charge in [-0.3, -0.25) is 0 Å². The fraction of sp³-hybridized carbons (Fsp3) is 0.333. The van der Waals surface area contributed by atoms with E-state index in [1.807, 2.05) is 31.5 Å². The van der Waals surface area contributed by atoms with Crippen LogP contribution in [0.25, 0.3) is 5.52 Å². The van der Waals surface area contributed by atoms with Crippen LogP contribution in [0.4, 0.5) is 0 Å². The molecule has 0 aliphatic carbocycles. The Hall–Kier alpha value is -1.16. The van der Waals surface area contributed by atoms with Gasteiger partial charge in [0.05, 0.1) is 11.2 Å². The summed E-state index contributed by atoms with van der Waals surface area (Å²) in [6.07, 6.45) is 0. The molecule has 0 saturated carbocycles. The third kappa shape index (κ3) is 1.18. The first-order valence-electron chi connectivity index (χ1n) is 4.12. The van der Waals surface area contributed by atoms with E-state index in [2.05, 4.69) is 11.2 Å². The molecule has 0 aliphatic heterocycles. The lowest BCUT2D eigenvalue weighted by Crippen LogP contribution is -2.04. The van der Waals surface area contributed by atoms with Crippen LogP contribution in [-0.2, 0) is 7.05 Å². The molecular weight excluding hydrogens is 182 g/mol. The van der Waals surface area contributed by atoms with Crippen LogP contribution < -0.4 is 0 Å². The highest BCUT2D eigenvalue weighted by Gasteiger charge is 2.01. The van der Waals surface area contributed by atoms with E-state index in [1.54, 1.807) is 4.52 Å². The van der Waals surface area contributed by atoms with Crippen LogP contribution in [0.1, 0.15) is 11.4 Å². The predicted molar refractivity (Wildman–Crippen MR) is 54.5 cm³/mol. The van der Waals surface area contributed by atoms with Gasteiger partial charge >= 0.3 is 0 Å². The monoisotopic (exact) mass is 193 g/mol. The minimum absolute atomic E-state index is 0.739. The third-order valence-corrected chi connectivity index (χ3v) is 2.66. The summed E-state index contributed by atoms with van der Waals surface area (Å²) in [5.41, 5.74) is 3.22. The summed E-state index contributed by atoms with van der Waals surface area (Å²) in [4.78, 5) is 0. The highest BCUT2D eigenvalue weighted by molar-refractivity contribution is 7.71. The molecule has 2 aromatic rings. The van der Waals surface area contributed by atoms with E-state index in [-0.39, 0.29) is 0 Å². The maximum atomic E-state index is 5.26. The number of aryl methyl sites for hydroxylation is 2. The molecule has 2 rings (SSSR count). The number of nitrogens with zero attached hydrogens (tertiary/aromatic N) is 3. The van der Waals surface area contributed by atoms with E-state index < -0.39 is 0 Å². The van der Waals surface area contributed by atoms with Crippen molar-refractivity contribution in [2.45, 2.75) is 13.8 Å². The van der Waals surface area contributed by atoms with Gasteiger partial charge in [-0.15, -0.1) is 0 Å². The molecule has 0 fully saturated rings. The van der Waals surface area contributed by atoms with Crippen LogP contribution >= 0.6 is 12.2 Å². The molecule has 13 heavy (non-hydrogen) atoms. The summed E-state index contributed by atoms with van der Waals surface area (Å²) in [7, 11) is 1.95. The molecule has 2 aromatic heterocycles. The second kappa shape index (κ2) is 2.67. The first-order valence-corrected chi connectivity index (χ1v) is 4.53. The van der Waals surface area contributed by atoms with Crippen LogP contribution in [0.5, 0.6) is 0 Å². The fourth-order valence-corrected chi connectivity index (χ4v) is 1.67. The smallest absolute Gasteiger partial charge is 0.201 e. The molecule has 3 nitrogen and oxygen atoms in total.